The van der Waals surface area contributed by atoms with Crippen molar-refractivity contribution in [2.24, 2.45) is 5.92 Å². The molecule has 4 heteroatoms. The van der Waals surface area contributed by atoms with E-state index in [1.807, 2.05) is 19.9 Å². The second kappa shape index (κ2) is 6.62. The molecule has 0 spiro atoms. The van der Waals surface area contributed by atoms with Gasteiger partial charge in [0.25, 0.3) is 0 Å². The summed E-state index contributed by atoms with van der Waals surface area (Å²) >= 11 is 12.1. The van der Waals surface area contributed by atoms with Crippen LogP contribution in [0.4, 0.5) is 0 Å². The van der Waals surface area contributed by atoms with Gasteiger partial charge in [-0.25, -0.2) is 0 Å². The van der Waals surface area contributed by atoms with Gasteiger partial charge in [0.2, 0.25) is 0 Å². The summed E-state index contributed by atoms with van der Waals surface area (Å²) in [6, 6.07) is 1.81. The average Bonchev–Trinajstić information content (AvgIpc) is 2.32. The number of alkyl halides is 1. The van der Waals surface area contributed by atoms with Crippen LogP contribution in [0.25, 0.3) is 0 Å². The van der Waals surface area contributed by atoms with Crippen molar-refractivity contribution in [1.82, 2.24) is 0 Å². The number of carbonyl (C=O) groups excluding carboxylic acids is 1. The van der Waals surface area contributed by atoms with Crippen LogP contribution < -0.4 is 4.74 Å². The van der Waals surface area contributed by atoms with Gasteiger partial charge >= 0.3 is 0 Å². The number of rotatable bonds is 5. The van der Waals surface area contributed by atoms with E-state index in [9.17, 15) is 4.79 Å². The lowest BCUT2D eigenvalue weighted by Gasteiger charge is -2.17. The summed E-state index contributed by atoms with van der Waals surface area (Å²) in [6.07, 6.45) is 0. The average molecular weight is 303 g/mol. The van der Waals surface area contributed by atoms with Gasteiger partial charge in [0.15, 0.2) is 5.78 Å². The van der Waals surface area contributed by atoms with Gasteiger partial charge in [0.1, 0.15) is 5.75 Å². The third-order valence-electron chi connectivity index (χ3n) is 2.82. The number of Topliss-reactive ketones (excluding diaryl/α,β-unsaturated/α-hetero) is 1. The summed E-state index contributed by atoms with van der Waals surface area (Å²) in [4.78, 5) is 12.2. The Hall–Kier alpha value is -0.730. The van der Waals surface area contributed by atoms with Crippen LogP contribution in [0, 0.1) is 19.8 Å². The fraction of sp³-hybridized carbons (Fsp3) is 0.533. The summed E-state index contributed by atoms with van der Waals surface area (Å²) in [5, 5.41) is -0.00330. The smallest absolute Gasteiger partial charge is 0.184 e. The normalized spacial score (nSPS) is 12.6. The highest BCUT2D eigenvalue weighted by atomic mass is 35.5. The largest absolute Gasteiger partial charge is 0.493 e. The standard InChI is InChI=1S/C15H20Cl2O2/c1-8(2)7-19-12-6-9(3)14(17)10(4)13(12)15(18)11(5)16/h6,8,11H,7H2,1-5H3. The molecule has 0 saturated heterocycles. The Kier molecular flexibility index (Phi) is 5.69. The molecule has 19 heavy (non-hydrogen) atoms. The fourth-order valence-corrected chi connectivity index (χ4v) is 2.06. The minimum atomic E-state index is -0.598. The zero-order chi connectivity index (χ0) is 14.7. The van der Waals surface area contributed by atoms with Gasteiger partial charge in [-0.05, 0) is 43.9 Å². The summed E-state index contributed by atoms with van der Waals surface area (Å²) in [7, 11) is 0. The number of aryl methyl sites for hydroxylation is 1. The van der Waals surface area contributed by atoms with Gasteiger partial charge in [-0.1, -0.05) is 25.4 Å². The maximum Gasteiger partial charge on any atom is 0.184 e. The highest BCUT2D eigenvalue weighted by molar-refractivity contribution is 6.36. The van der Waals surface area contributed by atoms with Crippen molar-refractivity contribution in [3.63, 3.8) is 0 Å². The van der Waals surface area contributed by atoms with Gasteiger partial charge in [-0.3, -0.25) is 4.79 Å². The summed E-state index contributed by atoms with van der Waals surface area (Å²) in [5.41, 5.74) is 2.13. The predicted octanol–water partition coefficient (Wildman–Crippen LogP) is 4.80. The lowest BCUT2D eigenvalue weighted by molar-refractivity contribution is 0.0986. The SMILES string of the molecule is Cc1cc(OCC(C)C)c(C(=O)C(C)Cl)c(C)c1Cl. The second-order valence-electron chi connectivity index (χ2n) is 5.19. The predicted molar refractivity (Wildman–Crippen MR) is 80.9 cm³/mol. The Balaban J connectivity index is 3.31. The molecule has 0 fully saturated rings. The topological polar surface area (TPSA) is 26.3 Å². The molecule has 0 heterocycles. The Labute approximate surface area is 125 Å². The van der Waals surface area contributed by atoms with E-state index in [-0.39, 0.29) is 5.78 Å². The number of hydrogen-bond donors (Lipinski definition) is 0. The van der Waals surface area contributed by atoms with E-state index in [1.165, 1.54) is 0 Å². The summed E-state index contributed by atoms with van der Waals surface area (Å²) in [6.45, 7) is 10.0. The van der Waals surface area contributed by atoms with Crippen LogP contribution in [0.15, 0.2) is 6.07 Å². The molecule has 1 aromatic carbocycles. The minimum Gasteiger partial charge on any atom is -0.493 e. The zero-order valence-corrected chi connectivity index (χ0v) is 13.5. The molecule has 0 bridgehead atoms. The van der Waals surface area contributed by atoms with E-state index in [2.05, 4.69) is 13.8 Å². The molecule has 2 nitrogen and oxygen atoms in total. The number of ether oxygens (including phenoxy) is 1. The van der Waals surface area contributed by atoms with Crippen molar-refractivity contribution in [2.75, 3.05) is 6.61 Å². The van der Waals surface area contributed by atoms with Gasteiger partial charge in [-0.15, -0.1) is 11.6 Å². The van der Waals surface area contributed by atoms with Gasteiger partial charge in [0, 0.05) is 5.02 Å². The fourth-order valence-electron chi connectivity index (χ4n) is 1.80. The molecule has 0 aliphatic heterocycles. The number of ketones is 1. The highest BCUT2D eigenvalue weighted by Crippen LogP contribution is 2.33. The van der Waals surface area contributed by atoms with E-state index >= 15 is 0 Å². The van der Waals surface area contributed by atoms with Crippen molar-refractivity contribution in [3.05, 3.63) is 27.8 Å². The lowest BCUT2D eigenvalue weighted by atomic mass is 9.99. The van der Waals surface area contributed by atoms with Crippen molar-refractivity contribution in [2.45, 2.75) is 40.0 Å². The van der Waals surface area contributed by atoms with Crippen LogP contribution in [0.2, 0.25) is 5.02 Å². The molecule has 0 aliphatic rings. The molecule has 1 aromatic rings. The van der Waals surface area contributed by atoms with Gasteiger partial charge in [0.05, 0.1) is 17.5 Å². The molecular formula is C15H20Cl2O2. The quantitative estimate of drug-likeness (QED) is 0.577. The molecular weight excluding hydrogens is 283 g/mol. The van der Waals surface area contributed by atoms with Crippen molar-refractivity contribution in [1.29, 1.82) is 0 Å². The first-order valence-electron chi connectivity index (χ1n) is 6.36. The number of benzene rings is 1. The zero-order valence-electron chi connectivity index (χ0n) is 12.0. The Bertz CT molecular complexity index is 480. The molecule has 0 N–H and O–H groups in total. The molecule has 1 unspecified atom stereocenters. The molecule has 0 radical (unpaired) electrons. The first-order chi connectivity index (χ1) is 8.75. The van der Waals surface area contributed by atoms with E-state index in [0.717, 1.165) is 11.1 Å². The van der Waals surface area contributed by atoms with Crippen molar-refractivity contribution >= 4 is 29.0 Å². The Morgan fingerprint density at radius 3 is 2.37 bits per heavy atom. The van der Waals surface area contributed by atoms with Gasteiger partial charge < -0.3 is 4.74 Å². The highest BCUT2D eigenvalue weighted by Gasteiger charge is 2.23. The molecule has 0 aliphatic carbocycles. The molecule has 0 amide bonds. The van der Waals surface area contributed by atoms with Gasteiger partial charge in [-0.2, -0.15) is 0 Å². The lowest BCUT2D eigenvalue weighted by Crippen LogP contribution is -2.16. The minimum absolute atomic E-state index is 0.153. The monoisotopic (exact) mass is 302 g/mol. The van der Waals surface area contributed by atoms with Crippen LogP contribution in [-0.2, 0) is 0 Å². The number of halogens is 2. The summed E-state index contributed by atoms with van der Waals surface area (Å²) < 4.78 is 5.75. The van der Waals surface area contributed by atoms with E-state index in [1.54, 1.807) is 6.92 Å². The maximum absolute atomic E-state index is 12.2. The maximum atomic E-state index is 12.2. The van der Waals surface area contributed by atoms with E-state index < -0.39 is 5.38 Å². The molecule has 0 aromatic heterocycles. The Morgan fingerprint density at radius 1 is 1.32 bits per heavy atom. The number of carbonyl (C=O) groups is 1. The third kappa shape index (κ3) is 3.87. The third-order valence-corrected chi connectivity index (χ3v) is 3.60. The molecule has 1 atom stereocenters. The van der Waals surface area contributed by atoms with Crippen molar-refractivity contribution in [3.8, 4) is 5.75 Å². The van der Waals surface area contributed by atoms with Crippen LogP contribution >= 0.6 is 23.2 Å². The van der Waals surface area contributed by atoms with Crippen LogP contribution in [0.3, 0.4) is 0 Å². The van der Waals surface area contributed by atoms with E-state index in [4.69, 9.17) is 27.9 Å². The van der Waals surface area contributed by atoms with Crippen LogP contribution in [0.1, 0.15) is 42.3 Å². The summed E-state index contributed by atoms with van der Waals surface area (Å²) in [5.74, 6) is 0.804. The molecule has 0 saturated carbocycles. The first-order valence-corrected chi connectivity index (χ1v) is 7.17. The molecule has 106 valence electrons. The van der Waals surface area contributed by atoms with E-state index in [0.29, 0.717) is 28.9 Å². The Morgan fingerprint density at radius 2 is 1.89 bits per heavy atom. The van der Waals surface area contributed by atoms with Crippen LogP contribution in [0.5, 0.6) is 5.75 Å². The molecule has 1 rings (SSSR count). The van der Waals surface area contributed by atoms with Crippen LogP contribution in [-0.4, -0.2) is 17.8 Å². The second-order valence-corrected chi connectivity index (χ2v) is 6.22. The first kappa shape index (κ1) is 16.3. The number of hydrogen-bond acceptors (Lipinski definition) is 2. The van der Waals surface area contributed by atoms with Crippen molar-refractivity contribution < 1.29 is 9.53 Å².